The molecule has 35 heavy (non-hydrogen) atoms. The highest BCUT2D eigenvalue weighted by Crippen LogP contribution is 2.35. The van der Waals surface area contributed by atoms with Gasteiger partial charge in [-0.15, -0.1) is 4.73 Å². The van der Waals surface area contributed by atoms with Gasteiger partial charge in [-0.3, -0.25) is 0 Å². The molecule has 1 aromatic heterocycles. The highest BCUT2D eigenvalue weighted by Gasteiger charge is 2.19. The van der Waals surface area contributed by atoms with Crippen LogP contribution in [0.2, 0.25) is 0 Å². The summed E-state index contributed by atoms with van der Waals surface area (Å²) in [5.41, 5.74) is 2.61. The van der Waals surface area contributed by atoms with E-state index in [0.717, 1.165) is 30.7 Å². The minimum Gasteiger partial charge on any atom is -0.492 e. The zero-order valence-corrected chi connectivity index (χ0v) is 22.0. The van der Waals surface area contributed by atoms with E-state index in [4.69, 9.17) is 4.84 Å². The number of nitrogens with zero attached hydrogens (tertiary/aromatic N) is 3. The Balaban J connectivity index is 1.74. The molecule has 7 nitrogen and oxygen atoms in total. The summed E-state index contributed by atoms with van der Waals surface area (Å²) in [5.74, 6) is -0.518. The molecule has 1 atom stereocenters. The lowest BCUT2D eigenvalue weighted by molar-refractivity contribution is -0.113. The molecule has 0 radical (unpaired) electrons. The number of aromatic nitrogens is 1. The van der Waals surface area contributed by atoms with Gasteiger partial charge in [0.2, 0.25) is 18.1 Å². The van der Waals surface area contributed by atoms with Crippen LogP contribution < -0.4 is 15.4 Å². The van der Waals surface area contributed by atoms with E-state index >= 15 is 0 Å². The minimum absolute atomic E-state index is 0.259. The molecule has 0 fully saturated rings. The molecule has 3 rings (SSSR count). The van der Waals surface area contributed by atoms with Crippen molar-refractivity contribution in [1.29, 1.82) is 0 Å². The van der Waals surface area contributed by atoms with Crippen molar-refractivity contribution in [2.75, 3.05) is 47.4 Å². The monoisotopic (exact) mass is 499 g/mol. The van der Waals surface area contributed by atoms with E-state index in [9.17, 15) is 15.3 Å². The van der Waals surface area contributed by atoms with E-state index in [1.807, 2.05) is 0 Å². The van der Waals surface area contributed by atoms with Gasteiger partial charge < -0.3 is 30.0 Å². The van der Waals surface area contributed by atoms with Crippen LogP contribution in [0, 0.1) is 0 Å². The van der Waals surface area contributed by atoms with Crippen molar-refractivity contribution in [3.8, 4) is 11.8 Å². The van der Waals surface area contributed by atoms with E-state index in [1.54, 1.807) is 0 Å². The lowest BCUT2D eigenvalue weighted by Crippen LogP contribution is -2.26. The van der Waals surface area contributed by atoms with Crippen molar-refractivity contribution in [3.63, 3.8) is 0 Å². The molecule has 8 heteroatoms. The maximum absolute atomic E-state index is 10.5. The average molecular weight is 500 g/mol. The summed E-state index contributed by atoms with van der Waals surface area (Å²) in [5, 5.41) is 32.5. The highest BCUT2D eigenvalue weighted by molar-refractivity contribution is 7.73. The van der Waals surface area contributed by atoms with Crippen LogP contribution in [0.1, 0.15) is 17.5 Å². The first-order valence-corrected chi connectivity index (χ1v) is 13.5. The maximum atomic E-state index is 10.5. The summed E-state index contributed by atoms with van der Waals surface area (Å²) in [6.07, 6.45) is 1.90. The topological polar surface area (TPSA) is 81.3 Å². The van der Waals surface area contributed by atoms with Gasteiger partial charge in [0.15, 0.2) is 0 Å². The number of aliphatic hydroxyl groups is 1. The molecule has 0 aliphatic carbocycles. The van der Waals surface area contributed by atoms with Gasteiger partial charge in [-0.05, 0) is 76.9 Å². The molecule has 190 valence electrons. The Bertz CT molecular complexity index is 961. The van der Waals surface area contributed by atoms with Crippen LogP contribution >= 0.6 is 7.92 Å². The van der Waals surface area contributed by atoms with Crippen molar-refractivity contribution in [1.82, 2.24) is 14.5 Å². The van der Waals surface area contributed by atoms with Gasteiger partial charge in [0.25, 0.3) is 0 Å². The van der Waals surface area contributed by atoms with Crippen LogP contribution in [-0.4, -0.2) is 83.6 Å². The second kappa shape index (κ2) is 12.9. The van der Waals surface area contributed by atoms with Crippen LogP contribution in [0.25, 0.3) is 0 Å². The average Bonchev–Trinajstić information content (AvgIpc) is 3.15. The third kappa shape index (κ3) is 8.25. The van der Waals surface area contributed by atoms with Crippen LogP contribution in [0.5, 0.6) is 11.8 Å². The van der Waals surface area contributed by atoms with Gasteiger partial charge in [-0.25, -0.2) is 0 Å². The standard InChI is InChI=1S/C27H38N3O4P/c1-28(2)18-15-21-5-9-23(10-6-21)35(24-11-7-22(8-12-24)16-19-29(3)4)20-17-27(33)34-30-25(31)13-14-26(30)32/h5-14,27,31-33H,15-20H2,1-4H3. The number of aromatic hydroxyl groups is 2. The lowest BCUT2D eigenvalue weighted by atomic mass is 10.1. The van der Waals surface area contributed by atoms with E-state index in [1.165, 1.54) is 33.9 Å². The summed E-state index contributed by atoms with van der Waals surface area (Å²) in [7, 11) is 7.59. The Kier molecular flexibility index (Phi) is 9.99. The smallest absolute Gasteiger partial charge is 0.229 e. The van der Waals surface area contributed by atoms with Crippen molar-refractivity contribution in [2.24, 2.45) is 0 Å². The lowest BCUT2D eigenvalue weighted by Gasteiger charge is -2.22. The van der Waals surface area contributed by atoms with Gasteiger partial charge in [0, 0.05) is 31.6 Å². The molecule has 0 saturated heterocycles. The predicted octanol–water partition coefficient (Wildman–Crippen LogP) is 2.38. The number of aliphatic hydroxyl groups excluding tert-OH is 1. The fourth-order valence-corrected chi connectivity index (χ4v) is 6.03. The highest BCUT2D eigenvalue weighted by atomic mass is 31.1. The Morgan fingerprint density at radius 2 is 1.17 bits per heavy atom. The molecule has 0 aliphatic heterocycles. The van der Waals surface area contributed by atoms with Gasteiger partial charge in [-0.2, -0.15) is 0 Å². The Morgan fingerprint density at radius 1 is 0.743 bits per heavy atom. The Morgan fingerprint density at radius 3 is 1.57 bits per heavy atom. The quantitative estimate of drug-likeness (QED) is 0.248. The fraction of sp³-hybridized carbons (Fsp3) is 0.407. The zero-order valence-electron chi connectivity index (χ0n) is 21.1. The van der Waals surface area contributed by atoms with Crippen molar-refractivity contribution < 1.29 is 20.2 Å². The largest absolute Gasteiger partial charge is 0.492 e. The molecule has 0 bridgehead atoms. The first-order chi connectivity index (χ1) is 16.7. The molecular formula is C27H38N3O4P. The molecule has 3 aromatic rings. The molecule has 0 saturated carbocycles. The Hall–Kier alpha value is -2.57. The normalized spacial score (nSPS) is 12.6. The van der Waals surface area contributed by atoms with E-state index < -0.39 is 14.2 Å². The van der Waals surface area contributed by atoms with E-state index in [2.05, 4.69) is 86.5 Å². The summed E-state index contributed by atoms with van der Waals surface area (Å²) in [4.78, 5) is 9.72. The third-order valence-corrected chi connectivity index (χ3v) is 8.36. The minimum atomic E-state index is -1.16. The van der Waals surface area contributed by atoms with Gasteiger partial charge >= 0.3 is 0 Å². The molecular weight excluding hydrogens is 461 g/mol. The second-order valence-electron chi connectivity index (χ2n) is 9.28. The van der Waals surface area contributed by atoms with Gasteiger partial charge in [0.1, 0.15) is 0 Å². The number of rotatable bonds is 13. The maximum Gasteiger partial charge on any atom is 0.229 e. The molecule has 3 N–H and O–H groups in total. The third-order valence-electron chi connectivity index (χ3n) is 5.82. The number of hydrogen-bond acceptors (Lipinski definition) is 6. The molecule has 2 aromatic carbocycles. The first-order valence-electron chi connectivity index (χ1n) is 11.9. The molecule has 0 aliphatic rings. The van der Waals surface area contributed by atoms with Crippen LogP contribution in [0.4, 0.5) is 0 Å². The molecule has 1 heterocycles. The second-order valence-corrected chi connectivity index (χ2v) is 11.6. The molecule has 1 unspecified atom stereocenters. The zero-order chi connectivity index (χ0) is 25.4. The Labute approximate surface area is 209 Å². The molecule has 0 spiro atoms. The van der Waals surface area contributed by atoms with Crippen LogP contribution in [-0.2, 0) is 12.8 Å². The number of benzene rings is 2. The van der Waals surface area contributed by atoms with E-state index in [0.29, 0.717) is 12.6 Å². The fourth-order valence-electron chi connectivity index (χ4n) is 3.72. The molecule has 0 amide bonds. The number of hydrogen-bond donors (Lipinski definition) is 3. The first kappa shape index (κ1) is 27.0. The van der Waals surface area contributed by atoms with Crippen molar-refractivity contribution in [3.05, 3.63) is 71.8 Å². The van der Waals surface area contributed by atoms with Crippen molar-refractivity contribution >= 4 is 18.5 Å². The van der Waals surface area contributed by atoms with Gasteiger partial charge in [-0.1, -0.05) is 48.5 Å². The van der Waals surface area contributed by atoms with Crippen molar-refractivity contribution in [2.45, 2.75) is 25.6 Å². The summed E-state index contributed by atoms with van der Waals surface area (Å²) >= 11 is 0. The predicted molar refractivity (Wildman–Crippen MR) is 143 cm³/mol. The van der Waals surface area contributed by atoms with Gasteiger partial charge in [0.05, 0.1) is 0 Å². The van der Waals surface area contributed by atoms with Crippen LogP contribution in [0.3, 0.4) is 0 Å². The van der Waals surface area contributed by atoms with Crippen LogP contribution in [0.15, 0.2) is 60.7 Å². The SMILES string of the molecule is CN(C)CCc1ccc(P(CCC(O)On2c(O)ccc2O)c2ccc(CCN(C)C)cc2)cc1. The summed E-state index contributed by atoms with van der Waals surface area (Å²) in [6.45, 7) is 2.01. The summed E-state index contributed by atoms with van der Waals surface area (Å²) in [6, 6.07) is 20.2. The summed E-state index contributed by atoms with van der Waals surface area (Å²) < 4.78 is 0.839. The van der Waals surface area contributed by atoms with E-state index in [-0.39, 0.29) is 11.8 Å². The number of likely N-dealkylation sites (N-methyl/N-ethyl adjacent to an activating group) is 2.